The van der Waals surface area contributed by atoms with Crippen molar-refractivity contribution in [2.75, 3.05) is 13.7 Å². The quantitative estimate of drug-likeness (QED) is 0.737. The summed E-state index contributed by atoms with van der Waals surface area (Å²) in [6, 6.07) is 15.8. The van der Waals surface area contributed by atoms with Gasteiger partial charge in [0.15, 0.2) is 0 Å². The van der Waals surface area contributed by atoms with Crippen LogP contribution in [0.3, 0.4) is 0 Å². The topological polar surface area (TPSA) is 85.2 Å². The third-order valence-corrected chi connectivity index (χ3v) is 5.04. The zero-order valence-corrected chi connectivity index (χ0v) is 16.7. The summed E-state index contributed by atoms with van der Waals surface area (Å²) < 4.78 is 10.4. The number of carbonyl (C=O) groups excluding carboxylic acids is 2. The molecule has 0 unspecified atom stereocenters. The average molecular weight is 409 g/mol. The second kappa shape index (κ2) is 9.25. The van der Waals surface area contributed by atoms with Crippen molar-refractivity contribution in [3.8, 4) is 5.75 Å². The van der Waals surface area contributed by atoms with E-state index in [1.165, 1.54) is 0 Å². The monoisotopic (exact) mass is 409 g/mol. The van der Waals surface area contributed by atoms with E-state index in [0.29, 0.717) is 21.8 Å². The van der Waals surface area contributed by atoms with Crippen LogP contribution in [0.2, 0.25) is 0 Å². The minimum Gasteiger partial charge on any atom is -0.506 e. The molecular formula is C22H19NO5S. The molecule has 2 aromatic carbocycles. The lowest BCUT2D eigenvalue weighted by Gasteiger charge is -2.05. The summed E-state index contributed by atoms with van der Waals surface area (Å²) in [4.78, 5) is 29.3. The van der Waals surface area contributed by atoms with Crippen LogP contribution in [0, 0.1) is 0 Å². The van der Waals surface area contributed by atoms with Gasteiger partial charge < -0.3 is 14.6 Å². The molecule has 0 aromatic heterocycles. The number of nitrogens with zero attached hydrogens (tertiary/aromatic N) is 1. The molecule has 148 valence electrons. The fourth-order valence-electron chi connectivity index (χ4n) is 2.66. The number of carbonyl (C=O) groups is 2. The molecule has 3 rings (SSSR count). The molecule has 6 nitrogen and oxygen atoms in total. The Labute approximate surface area is 172 Å². The third-order valence-electron chi connectivity index (χ3n) is 4.02. The first-order valence-corrected chi connectivity index (χ1v) is 9.68. The van der Waals surface area contributed by atoms with Gasteiger partial charge in [0, 0.05) is 11.1 Å². The van der Waals surface area contributed by atoms with E-state index in [4.69, 9.17) is 9.47 Å². The van der Waals surface area contributed by atoms with E-state index in [2.05, 4.69) is 4.99 Å². The van der Waals surface area contributed by atoms with E-state index in [-0.39, 0.29) is 23.0 Å². The molecule has 0 saturated carbocycles. The Balaban J connectivity index is 2.04. The van der Waals surface area contributed by atoms with Crippen molar-refractivity contribution in [2.45, 2.75) is 6.92 Å². The van der Waals surface area contributed by atoms with Gasteiger partial charge in [-0.2, -0.15) is 0 Å². The lowest BCUT2D eigenvalue weighted by Crippen LogP contribution is -2.14. The molecule has 7 heteroatoms. The Hall–Kier alpha value is -3.32. The van der Waals surface area contributed by atoms with Crippen molar-refractivity contribution < 1.29 is 24.2 Å². The van der Waals surface area contributed by atoms with Gasteiger partial charge in [0.05, 0.1) is 18.6 Å². The summed E-state index contributed by atoms with van der Waals surface area (Å²) >= 11 is 1.03. The summed E-state index contributed by atoms with van der Waals surface area (Å²) in [6.45, 7) is 1.79. The molecule has 0 spiro atoms. The number of para-hydroxylation sites is 1. The minimum atomic E-state index is -0.736. The summed E-state index contributed by atoms with van der Waals surface area (Å²) in [7, 11) is 1.55. The van der Waals surface area contributed by atoms with Crippen molar-refractivity contribution in [2.24, 2.45) is 4.99 Å². The van der Waals surface area contributed by atoms with Crippen molar-refractivity contribution in [3.63, 3.8) is 0 Å². The number of aliphatic hydroxyl groups is 1. The van der Waals surface area contributed by atoms with Gasteiger partial charge in [-0.15, -0.1) is 0 Å². The van der Waals surface area contributed by atoms with Gasteiger partial charge in [0.25, 0.3) is 5.91 Å². The maximum absolute atomic E-state index is 12.5. The molecule has 1 aliphatic rings. The first-order chi connectivity index (χ1) is 14.0. The number of amides is 1. The average Bonchev–Trinajstić information content (AvgIpc) is 3.04. The molecule has 1 N–H and O–H groups in total. The number of methoxy groups -OCH3 is 1. The fraction of sp³-hybridized carbons (Fsp3) is 0.136. The first kappa shape index (κ1) is 20.4. The third kappa shape index (κ3) is 4.57. The van der Waals surface area contributed by atoms with Gasteiger partial charge in [-0.05, 0) is 31.2 Å². The number of aliphatic hydroxyl groups excluding tert-OH is 1. The molecule has 0 bridgehead atoms. The molecule has 0 atom stereocenters. The van der Waals surface area contributed by atoms with E-state index < -0.39 is 11.9 Å². The van der Waals surface area contributed by atoms with Crippen molar-refractivity contribution in [1.82, 2.24) is 0 Å². The molecule has 1 heterocycles. The number of esters is 1. The molecular weight excluding hydrogens is 390 g/mol. The Bertz CT molecular complexity index is 1020. The van der Waals surface area contributed by atoms with Crippen molar-refractivity contribution >= 4 is 34.8 Å². The molecule has 2 aromatic rings. The molecule has 0 saturated heterocycles. The Morgan fingerprint density at radius 2 is 1.79 bits per heavy atom. The maximum Gasteiger partial charge on any atom is 0.344 e. The highest BCUT2D eigenvalue weighted by Gasteiger charge is 2.34. The van der Waals surface area contributed by atoms with Crippen LogP contribution in [0.4, 0.5) is 0 Å². The normalized spacial score (nSPS) is 16.3. The zero-order chi connectivity index (χ0) is 20.8. The van der Waals surface area contributed by atoms with Gasteiger partial charge in [0.2, 0.25) is 0 Å². The number of ether oxygens (including phenoxy) is 2. The summed E-state index contributed by atoms with van der Waals surface area (Å²) in [5.74, 6) is -0.919. The second-order valence-electron chi connectivity index (χ2n) is 5.88. The first-order valence-electron chi connectivity index (χ1n) is 8.86. The van der Waals surface area contributed by atoms with E-state index in [1.807, 2.05) is 18.2 Å². The number of hydrogen-bond acceptors (Lipinski definition) is 6. The standard InChI is InChI=1S/C22H19NO5S/c1-3-28-22(26)18-19(24)17(13-15-11-7-8-12-16(15)27-2)29-21(18)23-20(25)14-9-5-4-6-10-14/h4-13,24H,3H2,1-2H3/b17-13-,23-21?. The van der Waals surface area contributed by atoms with Crippen LogP contribution in [0.25, 0.3) is 6.08 Å². The second-order valence-corrected chi connectivity index (χ2v) is 6.92. The molecule has 0 aliphatic carbocycles. The number of aliphatic imine (C=N–C) groups is 1. The van der Waals surface area contributed by atoms with Crippen LogP contribution in [-0.2, 0) is 9.53 Å². The van der Waals surface area contributed by atoms with Crippen molar-refractivity contribution in [3.05, 3.63) is 82.0 Å². The van der Waals surface area contributed by atoms with Gasteiger partial charge in [-0.1, -0.05) is 48.2 Å². The van der Waals surface area contributed by atoms with Crippen LogP contribution < -0.4 is 4.74 Å². The Morgan fingerprint density at radius 3 is 2.48 bits per heavy atom. The Kier molecular flexibility index (Phi) is 6.51. The zero-order valence-electron chi connectivity index (χ0n) is 15.9. The molecule has 29 heavy (non-hydrogen) atoms. The van der Waals surface area contributed by atoms with E-state index in [1.54, 1.807) is 56.5 Å². The molecule has 1 aliphatic heterocycles. The highest BCUT2D eigenvalue weighted by Crippen LogP contribution is 2.40. The fourth-order valence-corrected chi connectivity index (χ4v) is 3.66. The predicted molar refractivity (Wildman–Crippen MR) is 113 cm³/mol. The number of hydrogen-bond donors (Lipinski definition) is 1. The SMILES string of the molecule is CCOC(=O)C1=C(O)/C(=C/c2ccccc2OC)SC1=NC(=O)c1ccccc1. The summed E-state index contributed by atoms with van der Waals surface area (Å²) in [5, 5.41) is 10.8. The predicted octanol–water partition coefficient (Wildman–Crippen LogP) is 4.40. The molecule has 0 radical (unpaired) electrons. The van der Waals surface area contributed by atoms with Crippen molar-refractivity contribution in [1.29, 1.82) is 0 Å². The van der Waals surface area contributed by atoms with Crippen LogP contribution in [0.5, 0.6) is 5.75 Å². The minimum absolute atomic E-state index is 0.0935. The maximum atomic E-state index is 12.5. The molecule has 0 fully saturated rings. The van der Waals surface area contributed by atoms with E-state index in [0.717, 1.165) is 11.8 Å². The van der Waals surface area contributed by atoms with E-state index in [9.17, 15) is 14.7 Å². The van der Waals surface area contributed by atoms with Crippen LogP contribution in [0.15, 0.2) is 75.8 Å². The van der Waals surface area contributed by atoms with Gasteiger partial charge >= 0.3 is 5.97 Å². The van der Waals surface area contributed by atoms with Gasteiger partial charge in [-0.3, -0.25) is 4.79 Å². The largest absolute Gasteiger partial charge is 0.506 e. The van der Waals surface area contributed by atoms with Gasteiger partial charge in [-0.25, -0.2) is 9.79 Å². The molecule has 1 amide bonds. The summed E-state index contributed by atoms with van der Waals surface area (Å²) in [5.41, 5.74) is 0.968. The van der Waals surface area contributed by atoms with Crippen LogP contribution in [-0.4, -0.2) is 35.7 Å². The Morgan fingerprint density at radius 1 is 1.10 bits per heavy atom. The smallest absolute Gasteiger partial charge is 0.344 e. The highest BCUT2D eigenvalue weighted by molar-refractivity contribution is 8.18. The lowest BCUT2D eigenvalue weighted by atomic mass is 10.1. The van der Waals surface area contributed by atoms with Crippen LogP contribution in [0.1, 0.15) is 22.8 Å². The number of thioether (sulfide) groups is 1. The van der Waals surface area contributed by atoms with E-state index >= 15 is 0 Å². The lowest BCUT2D eigenvalue weighted by molar-refractivity contribution is -0.138. The highest BCUT2D eigenvalue weighted by atomic mass is 32.2. The van der Waals surface area contributed by atoms with Crippen LogP contribution >= 0.6 is 11.8 Å². The van der Waals surface area contributed by atoms with Gasteiger partial charge in [0.1, 0.15) is 22.1 Å². The number of rotatable bonds is 5. The summed E-state index contributed by atoms with van der Waals surface area (Å²) in [6.07, 6.45) is 1.67. The number of benzene rings is 2.